The maximum absolute atomic E-state index is 14.2. The summed E-state index contributed by atoms with van der Waals surface area (Å²) in [5.74, 6) is -0.993. The molecule has 0 radical (unpaired) electrons. The van der Waals surface area contributed by atoms with Crippen LogP contribution in [0.1, 0.15) is 66.2 Å². The molecule has 2 aromatic heterocycles. The number of anilines is 1. The number of benzene rings is 5. The predicted octanol–water partition coefficient (Wildman–Crippen LogP) is 6.53. The Morgan fingerprint density at radius 3 is 1.97 bits per heavy atom. The van der Waals surface area contributed by atoms with E-state index in [9.17, 15) is 19.5 Å². The number of hydrogen-bond donors (Lipinski definition) is 1. The van der Waals surface area contributed by atoms with Gasteiger partial charge in [0, 0.05) is 17.5 Å². The first-order valence-corrected chi connectivity index (χ1v) is 18.9. The number of ketones is 1. The summed E-state index contributed by atoms with van der Waals surface area (Å²) in [4.78, 5) is 56.9. The summed E-state index contributed by atoms with van der Waals surface area (Å²) in [6.45, 7) is -0.0497. The van der Waals surface area contributed by atoms with Crippen LogP contribution in [0.25, 0.3) is 11.2 Å². The van der Waals surface area contributed by atoms with E-state index in [1.807, 2.05) is 78.9 Å². The summed E-state index contributed by atoms with van der Waals surface area (Å²) >= 11 is 0. The molecule has 2 aliphatic rings. The number of nitrogens with zero attached hydrogens (tertiary/aromatic N) is 5. The molecule has 59 heavy (non-hydrogen) atoms. The van der Waals surface area contributed by atoms with Crippen molar-refractivity contribution in [3.05, 3.63) is 179 Å². The second kappa shape index (κ2) is 15.4. The first-order chi connectivity index (χ1) is 28.8. The average Bonchev–Trinajstić information content (AvgIpc) is 3.89. The zero-order valence-electron chi connectivity index (χ0n) is 32.0. The molecule has 1 saturated heterocycles. The number of aliphatic hydroxyl groups is 1. The van der Waals surface area contributed by atoms with E-state index in [1.54, 1.807) is 61.3 Å². The molecule has 3 atom stereocenters. The summed E-state index contributed by atoms with van der Waals surface area (Å²) in [6.07, 6.45) is -1.10. The van der Waals surface area contributed by atoms with Crippen molar-refractivity contribution in [2.45, 2.75) is 30.5 Å². The zero-order valence-corrected chi connectivity index (χ0v) is 32.0. The predicted molar refractivity (Wildman–Crippen MR) is 216 cm³/mol. The molecule has 1 fully saturated rings. The Labute approximate surface area is 338 Å². The highest BCUT2D eigenvalue weighted by Crippen LogP contribution is 2.43. The lowest BCUT2D eigenvalue weighted by atomic mass is 9.80. The lowest BCUT2D eigenvalue weighted by Gasteiger charge is -2.37. The summed E-state index contributed by atoms with van der Waals surface area (Å²) in [6, 6.07) is 39.6. The Balaban J connectivity index is 1.09. The van der Waals surface area contributed by atoms with Crippen LogP contribution in [0.5, 0.6) is 11.5 Å². The molecule has 1 N–H and O–H groups in total. The van der Waals surface area contributed by atoms with E-state index < -0.39 is 41.6 Å². The molecular formula is C46H37N5O8. The molecular weight excluding hydrogens is 751 g/mol. The van der Waals surface area contributed by atoms with Gasteiger partial charge in [-0.05, 0) is 59.2 Å². The Bertz CT molecular complexity index is 2640. The van der Waals surface area contributed by atoms with Crippen molar-refractivity contribution in [2.24, 2.45) is 0 Å². The van der Waals surface area contributed by atoms with Crippen LogP contribution in [0.2, 0.25) is 0 Å². The number of hydrogen-bond acceptors (Lipinski definition) is 11. The number of aromatic nitrogens is 4. The van der Waals surface area contributed by atoms with Gasteiger partial charge in [0.25, 0.3) is 11.8 Å². The summed E-state index contributed by atoms with van der Waals surface area (Å²) < 4.78 is 26.1. The van der Waals surface area contributed by atoms with E-state index in [-0.39, 0.29) is 52.5 Å². The Kier molecular flexibility index (Phi) is 9.77. The highest BCUT2D eigenvalue weighted by atomic mass is 16.6. The number of amides is 2. The third-order valence-corrected chi connectivity index (χ3v) is 10.8. The van der Waals surface area contributed by atoms with Crippen molar-refractivity contribution in [2.75, 3.05) is 25.7 Å². The van der Waals surface area contributed by atoms with Crippen molar-refractivity contribution >= 4 is 34.6 Å². The molecule has 0 unspecified atom stereocenters. The van der Waals surface area contributed by atoms with Crippen molar-refractivity contribution in [1.82, 2.24) is 19.5 Å². The molecule has 9 rings (SSSR count). The van der Waals surface area contributed by atoms with Gasteiger partial charge in [-0.3, -0.25) is 19.0 Å². The molecule has 7 aromatic rings. The van der Waals surface area contributed by atoms with Crippen molar-refractivity contribution in [1.29, 1.82) is 0 Å². The molecule has 2 aliphatic heterocycles. The van der Waals surface area contributed by atoms with E-state index in [0.29, 0.717) is 11.5 Å². The lowest BCUT2D eigenvalue weighted by Crippen LogP contribution is -2.40. The number of aliphatic hydroxyl groups excluding tert-OH is 1. The van der Waals surface area contributed by atoms with Gasteiger partial charge in [-0.1, -0.05) is 91.0 Å². The minimum absolute atomic E-state index is 0.0331. The van der Waals surface area contributed by atoms with E-state index in [2.05, 4.69) is 15.0 Å². The molecule has 0 saturated carbocycles. The van der Waals surface area contributed by atoms with Crippen LogP contribution in [0, 0.1) is 0 Å². The average molecular weight is 788 g/mol. The standard InChI is InChI=1S/C46H37N5O8/c1-56-32-21-17-30(18-22-32)46(29-13-7-4-8-14-29,31-19-23-33(57-2)24-20-31)58-26-37-36(52)25-38(59-37)50-27-47-39-42(50)48-41-40(53)34-15-9-10-16-35(34)45(55)51(43(39)49-41)44(54)28-11-5-3-6-12-28/h3-24,27,36-38,52H,25-26H2,1-2H3/t36-,37+,38+/m0/s1. The smallest absolute Gasteiger partial charge is 0.267 e. The molecule has 2 bridgehead atoms. The van der Waals surface area contributed by atoms with Gasteiger partial charge in [-0.25, -0.2) is 19.9 Å². The van der Waals surface area contributed by atoms with Gasteiger partial charge in [-0.2, -0.15) is 0 Å². The number of imide groups is 1. The molecule has 0 spiro atoms. The first kappa shape index (κ1) is 37.5. The summed E-state index contributed by atoms with van der Waals surface area (Å²) in [7, 11) is 3.22. The van der Waals surface area contributed by atoms with E-state index in [1.165, 1.54) is 18.5 Å². The SMILES string of the molecule is COc1ccc(C(OC[C@H]2O[C@@H](n3cnc4c5nc(nc43)C(=O)c3ccccc3C(=O)N5C(=O)c3ccccc3)C[C@@H]2O)(c2ccccc2)c2ccc(OC)cc2)cc1. The fourth-order valence-corrected chi connectivity index (χ4v) is 7.79. The molecule has 294 valence electrons. The first-order valence-electron chi connectivity index (χ1n) is 18.9. The maximum atomic E-state index is 14.2. The second-order valence-electron chi connectivity index (χ2n) is 14.1. The Morgan fingerprint density at radius 2 is 1.34 bits per heavy atom. The molecule has 0 aliphatic carbocycles. The highest BCUT2D eigenvalue weighted by Gasteiger charge is 2.43. The van der Waals surface area contributed by atoms with Crippen LogP contribution in [-0.4, -0.2) is 75.3 Å². The highest BCUT2D eigenvalue weighted by molar-refractivity contribution is 6.30. The number of rotatable bonds is 10. The van der Waals surface area contributed by atoms with Crippen LogP contribution < -0.4 is 14.4 Å². The van der Waals surface area contributed by atoms with Crippen molar-refractivity contribution < 1.29 is 38.4 Å². The minimum atomic E-state index is -1.16. The van der Waals surface area contributed by atoms with Gasteiger partial charge in [-0.15, -0.1) is 0 Å². The van der Waals surface area contributed by atoms with E-state index >= 15 is 0 Å². The van der Waals surface area contributed by atoms with Gasteiger partial charge < -0.3 is 24.1 Å². The zero-order chi connectivity index (χ0) is 40.7. The maximum Gasteiger partial charge on any atom is 0.267 e. The van der Waals surface area contributed by atoms with Crippen LogP contribution in [0.4, 0.5) is 5.82 Å². The van der Waals surface area contributed by atoms with Crippen LogP contribution in [0.3, 0.4) is 0 Å². The van der Waals surface area contributed by atoms with Crippen LogP contribution >= 0.6 is 0 Å². The Hall–Kier alpha value is -7.06. The molecule has 2 amide bonds. The molecule has 13 heteroatoms. The normalized spacial score (nSPS) is 17.7. The van der Waals surface area contributed by atoms with Gasteiger partial charge in [0.05, 0.1) is 38.8 Å². The van der Waals surface area contributed by atoms with Crippen molar-refractivity contribution in [3.8, 4) is 11.5 Å². The second-order valence-corrected chi connectivity index (χ2v) is 14.1. The number of methoxy groups -OCH3 is 2. The molecule has 13 nitrogen and oxygen atoms in total. The monoisotopic (exact) mass is 787 g/mol. The minimum Gasteiger partial charge on any atom is -0.497 e. The third kappa shape index (κ3) is 6.51. The Morgan fingerprint density at radius 1 is 0.763 bits per heavy atom. The van der Waals surface area contributed by atoms with Crippen molar-refractivity contribution in [3.63, 3.8) is 0 Å². The quantitative estimate of drug-likeness (QED) is 0.119. The van der Waals surface area contributed by atoms with Gasteiger partial charge >= 0.3 is 0 Å². The van der Waals surface area contributed by atoms with Gasteiger partial charge in [0.2, 0.25) is 11.6 Å². The third-order valence-electron chi connectivity index (χ3n) is 10.8. The molecule has 4 heterocycles. The fraction of sp³-hybridized carbons (Fsp3) is 0.174. The fourth-order valence-electron chi connectivity index (χ4n) is 7.79. The van der Waals surface area contributed by atoms with Crippen LogP contribution in [-0.2, 0) is 15.1 Å². The topological polar surface area (TPSA) is 155 Å². The number of ether oxygens (including phenoxy) is 4. The van der Waals surface area contributed by atoms with Gasteiger partial charge in [0.15, 0.2) is 17.0 Å². The largest absolute Gasteiger partial charge is 0.497 e. The lowest BCUT2D eigenvalue weighted by molar-refractivity contribution is -0.0931. The summed E-state index contributed by atoms with van der Waals surface area (Å²) in [5, 5.41) is 11.6. The van der Waals surface area contributed by atoms with Crippen LogP contribution in [0.15, 0.2) is 140 Å². The van der Waals surface area contributed by atoms with Gasteiger partial charge in [0.1, 0.15) is 29.4 Å². The van der Waals surface area contributed by atoms with E-state index in [0.717, 1.165) is 21.6 Å². The number of fused-ring (bicyclic) bond motifs is 5. The number of imidazole rings is 1. The number of carbonyl (C=O) groups excluding carboxylic acids is 3. The number of carbonyl (C=O) groups is 3. The summed E-state index contributed by atoms with van der Waals surface area (Å²) in [5.41, 5.74) is 1.87. The van der Waals surface area contributed by atoms with E-state index in [4.69, 9.17) is 18.9 Å². The molecule has 5 aromatic carbocycles.